The summed E-state index contributed by atoms with van der Waals surface area (Å²) in [7, 11) is 1.49. The zero-order valence-corrected chi connectivity index (χ0v) is 16.0. The molecular weight excluding hydrogens is 362 g/mol. The van der Waals surface area contributed by atoms with Crippen LogP contribution in [0.1, 0.15) is 35.4 Å². The van der Waals surface area contributed by atoms with Gasteiger partial charge in [-0.15, -0.1) is 0 Å². The highest BCUT2D eigenvalue weighted by molar-refractivity contribution is 5.91. The molecule has 0 radical (unpaired) electrons. The van der Waals surface area contributed by atoms with E-state index in [1.54, 1.807) is 12.4 Å². The Labute approximate surface area is 163 Å². The lowest BCUT2D eigenvalue weighted by Gasteiger charge is -2.50. The van der Waals surface area contributed by atoms with Crippen molar-refractivity contribution < 1.29 is 23.5 Å². The molecule has 2 aliphatic heterocycles. The molecular formula is C20H25N3O5. The molecule has 0 bridgehead atoms. The van der Waals surface area contributed by atoms with Crippen LogP contribution >= 0.6 is 0 Å². The number of aromatic nitrogens is 2. The number of rotatable bonds is 6. The van der Waals surface area contributed by atoms with Crippen LogP contribution in [0.4, 0.5) is 0 Å². The zero-order valence-electron chi connectivity index (χ0n) is 16.0. The van der Waals surface area contributed by atoms with E-state index in [1.165, 1.54) is 13.2 Å². The summed E-state index contributed by atoms with van der Waals surface area (Å²) < 4.78 is 22.3. The summed E-state index contributed by atoms with van der Waals surface area (Å²) in [5.74, 6) is 0.322. The fourth-order valence-corrected chi connectivity index (χ4v) is 4.14. The molecule has 4 heterocycles. The summed E-state index contributed by atoms with van der Waals surface area (Å²) in [4.78, 5) is 18.7. The molecule has 2 unspecified atom stereocenters. The number of pyridine rings is 1. The molecule has 8 nitrogen and oxygen atoms in total. The van der Waals surface area contributed by atoms with Crippen LogP contribution in [0.25, 0.3) is 0 Å². The highest BCUT2D eigenvalue weighted by Crippen LogP contribution is 2.41. The Morgan fingerprint density at radius 1 is 1.39 bits per heavy atom. The molecule has 2 aliphatic rings. The summed E-state index contributed by atoms with van der Waals surface area (Å²) in [5, 5.41) is 3.73. The summed E-state index contributed by atoms with van der Waals surface area (Å²) in [6, 6.07) is 5.42. The molecule has 0 aromatic carbocycles. The number of carbonyl (C=O) groups is 1. The van der Waals surface area contributed by atoms with Crippen LogP contribution in [-0.2, 0) is 16.1 Å². The zero-order chi connectivity index (χ0) is 19.4. The number of fused-ring (bicyclic) bond motifs is 1. The van der Waals surface area contributed by atoms with Crippen molar-refractivity contribution in [2.24, 2.45) is 5.41 Å². The second kappa shape index (κ2) is 8.28. The summed E-state index contributed by atoms with van der Waals surface area (Å²) >= 11 is 0. The van der Waals surface area contributed by atoms with Gasteiger partial charge in [0.2, 0.25) is 5.76 Å². The predicted octanol–water partition coefficient (Wildman–Crippen LogP) is 2.31. The molecule has 1 amide bonds. The molecule has 150 valence electrons. The predicted molar refractivity (Wildman–Crippen MR) is 98.9 cm³/mol. The van der Waals surface area contributed by atoms with Gasteiger partial charge in [0, 0.05) is 37.5 Å². The lowest BCUT2D eigenvalue weighted by molar-refractivity contribution is -0.149. The van der Waals surface area contributed by atoms with E-state index in [-0.39, 0.29) is 23.2 Å². The van der Waals surface area contributed by atoms with Gasteiger partial charge < -0.3 is 23.6 Å². The summed E-state index contributed by atoms with van der Waals surface area (Å²) in [6.07, 6.45) is 6.35. The van der Waals surface area contributed by atoms with Gasteiger partial charge in [-0.25, -0.2) is 0 Å². The molecule has 2 atom stereocenters. The smallest absolute Gasteiger partial charge is 0.292 e. The van der Waals surface area contributed by atoms with Gasteiger partial charge in [0.05, 0.1) is 32.5 Å². The second-order valence-electron chi connectivity index (χ2n) is 7.42. The fraction of sp³-hybridized carbons (Fsp3) is 0.550. The molecule has 0 aliphatic carbocycles. The number of amides is 1. The first kappa shape index (κ1) is 18.9. The highest BCUT2D eigenvalue weighted by atomic mass is 16.5. The molecule has 0 spiro atoms. The number of methoxy groups -OCH3 is 1. The summed E-state index contributed by atoms with van der Waals surface area (Å²) in [5.41, 5.74) is 0.876. The Balaban J connectivity index is 1.45. The van der Waals surface area contributed by atoms with Crippen LogP contribution in [0, 0.1) is 5.41 Å². The third-order valence-corrected chi connectivity index (χ3v) is 5.59. The molecule has 2 aromatic heterocycles. The van der Waals surface area contributed by atoms with E-state index in [0.29, 0.717) is 32.2 Å². The van der Waals surface area contributed by atoms with Gasteiger partial charge in [0.15, 0.2) is 0 Å². The first-order chi connectivity index (χ1) is 13.7. The topological polar surface area (TPSA) is 86.9 Å². The molecule has 2 saturated heterocycles. The number of carbonyl (C=O) groups excluding carboxylic acids is 1. The number of nitrogens with zero attached hydrogens (tertiary/aromatic N) is 3. The van der Waals surface area contributed by atoms with Crippen LogP contribution in [0.2, 0.25) is 0 Å². The molecule has 0 N–H and O–H groups in total. The molecule has 2 fully saturated rings. The monoisotopic (exact) mass is 387 g/mol. The fourth-order valence-electron chi connectivity index (χ4n) is 4.14. The van der Waals surface area contributed by atoms with Crippen molar-refractivity contribution in [3.05, 3.63) is 41.9 Å². The third-order valence-electron chi connectivity index (χ3n) is 5.59. The van der Waals surface area contributed by atoms with Gasteiger partial charge in [-0.1, -0.05) is 0 Å². The van der Waals surface area contributed by atoms with E-state index in [0.717, 1.165) is 31.4 Å². The average Bonchev–Trinajstić information content (AvgIpc) is 3.23. The van der Waals surface area contributed by atoms with Gasteiger partial charge in [0.1, 0.15) is 0 Å². The second-order valence-corrected chi connectivity index (χ2v) is 7.42. The lowest BCUT2D eigenvalue weighted by atomic mass is 9.73. The lowest BCUT2D eigenvalue weighted by Crippen LogP contribution is -2.58. The number of hydrogen-bond acceptors (Lipinski definition) is 7. The van der Waals surface area contributed by atoms with E-state index in [1.807, 2.05) is 17.0 Å². The highest BCUT2D eigenvalue weighted by Gasteiger charge is 2.47. The van der Waals surface area contributed by atoms with Crippen molar-refractivity contribution in [2.75, 3.05) is 33.4 Å². The van der Waals surface area contributed by atoms with E-state index in [9.17, 15) is 4.79 Å². The molecule has 4 rings (SSSR count). The van der Waals surface area contributed by atoms with Crippen molar-refractivity contribution >= 4 is 5.91 Å². The maximum Gasteiger partial charge on any atom is 0.292 e. The number of hydrogen-bond donors (Lipinski definition) is 0. The van der Waals surface area contributed by atoms with E-state index < -0.39 is 0 Å². The minimum Gasteiger partial charge on any atom is -0.479 e. The first-order valence-corrected chi connectivity index (χ1v) is 9.58. The van der Waals surface area contributed by atoms with Crippen LogP contribution in [0.15, 0.2) is 35.1 Å². The number of ether oxygens (including phenoxy) is 3. The SMILES string of the molecule is COc1cc(C(=O)N2CCC3OCCCC3(COCc3ccncc3)C2)on1. The Hall–Kier alpha value is -2.45. The van der Waals surface area contributed by atoms with Crippen molar-refractivity contribution in [3.63, 3.8) is 0 Å². The normalized spacial score (nSPS) is 24.6. The van der Waals surface area contributed by atoms with Gasteiger partial charge in [0.25, 0.3) is 11.8 Å². The van der Waals surface area contributed by atoms with Gasteiger partial charge in [-0.05, 0) is 42.1 Å². The maximum absolute atomic E-state index is 12.9. The van der Waals surface area contributed by atoms with Crippen molar-refractivity contribution in [3.8, 4) is 5.88 Å². The van der Waals surface area contributed by atoms with Crippen LogP contribution in [0.3, 0.4) is 0 Å². The van der Waals surface area contributed by atoms with E-state index in [4.69, 9.17) is 18.7 Å². The molecule has 28 heavy (non-hydrogen) atoms. The maximum atomic E-state index is 12.9. The minimum atomic E-state index is -0.205. The Bertz CT molecular complexity index is 796. The van der Waals surface area contributed by atoms with Gasteiger partial charge in [-0.3, -0.25) is 9.78 Å². The average molecular weight is 387 g/mol. The molecule has 2 aromatic rings. The van der Waals surface area contributed by atoms with Crippen molar-refractivity contribution in [1.82, 2.24) is 15.0 Å². The number of piperidine rings is 1. The number of likely N-dealkylation sites (tertiary alicyclic amines) is 1. The molecule has 0 saturated carbocycles. The van der Waals surface area contributed by atoms with Crippen molar-refractivity contribution in [1.29, 1.82) is 0 Å². The van der Waals surface area contributed by atoms with Crippen LogP contribution < -0.4 is 4.74 Å². The Morgan fingerprint density at radius 2 is 2.25 bits per heavy atom. The van der Waals surface area contributed by atoms with Crippen molar-refractivity contribution in [2.45, 2.75) is 32.0 Å². The van der Waals surface area contributed by atoms with Gasteiger partial charge >= 0.3 is 0 Å². The standard InChI is InChI=1S/C20H25N3O5/c1-25-18-11-16(28-22-18)19(24)23-9-5-17-20(13-23,6-2-10-27-17)14-26-12-15-3-7-21-8-4-15/h3-4,7-8,11,17H,2,5-6,9-10,12-14H2,1H3. The Kier molecular flexibility index (Phi) is 5.59. The van der Waals surface area contributed by atoms with Crippen LogP contribution in [0.5, 0.6) is 5.88 Å². The third kappa shape index (κ3) is 3.88. The van der Waals surface area contributed by atoms with E-state index in [2.05, 4.69) is 10.1 Å². The summed E-state index contributed by atoms with van der Waals surface area (Å²) in [6.45, 7) is 3.03. The quantitative estimate of drug-likeness (QED) is 0.752. The van der Waals surface area contributed by atoms with Crippen LogP contribution in [-0.4, -0.2) is 60.5 Å². The largest absolute Gasteiger partial charge is 0.479 e. The Morgan fingerprint density at radius 3 is 3.04 bits per heavy atom. The molecule has 8 heteroatoms. The first-order valence-electron chi connectivity index (χ1n) is 9.58. The van der Waals surface area contributed by atoms with E-state index >= 15 is 0 Å². The minimum absolute atomic E-state index is 0.104. The van der Waals surface area contributed by atoms with Gasteiger partial charge in [-0.2, -0.15) is 0 Å².